The predicted octanol–water partition coefficient (Wildman–Crippen LogP) is 2.91. The molecule has 1 aromatic carbocycles. The molecule has 1 amide bonds. The number of halogens is 2. The van der Waals surface area contributed by atoms with Gasteiger partial charge in [0.2, 0.25) is 0 Å². The first-order valence-corrected chi connectivity index (χ1v) is 6.91. The lowest BCUT2D eigenvalue weighted by atomic mass is 9.82. The van der Waals surface area contributed by atoms with Crippen LogP contribution in [0.1, 0.15) is 37.0 Å². The molecular weight excluding hydrogens is 296 g/mol. The fourth-order valence-electron chi connectivity index (χ4n) is 2.02. The van der Waals surface area contributed by atoms with Crippen molar-refractivity contribution in [2.45, 2.75) is 33.3 Å². The van der Waals surface area contributed by atoms with E-state index in [-0.39, 0.29) is 17.9 Å². The zero-order chi connectivity index (χ0) is 16.8. The maximum Gasteiger partial charge on any atom is 0.387 e. The van der Waals surface area contributed by atoms with Crippen molar-refractivity contribution in [3.8, 4) is 5.75 Å². The number of rotatable bonds is 8. The second kappa shape index (κ2) is 7.72. The quantitative estimate of drug-likeness (QED) is 0.773. The molecule has 0 heterocycles. The molecule has 0 saturated carbocycles. The maximum atomic E-state index is 12.0. The molecule has 5 nitrogen and oxygen atoms in total. The first-order valence-electron chi connectivity index (χ1n) is 6.91. The monoisotopic (exact) mass is 315 g/mol. The summed E-state index contributed by atoms with van der Waals surface area (Å²) in [7, 11) is 0. The van der Waals surface area contributed by atoms with E-state index in [9.17, 15) is 23.5 Å². The number of carboxylic acid groups (broad SMARTS) is 1. The van der Waals surface area contributed by atoms with Crippen LogP contribution >= 0.6 is 0 Å². The van der Waals surface area contributed by atoms with Crippen LogP contribution in [0.4, 0.5) is 8.78 Å². The van der Waals surface area contributed by atoms with Crippen LogP contribution in [0.2, 0.25) is 0 Å². The van der Waals surface area contributed by atoms with Gasteiger partial charge in [0.1, 0.15) is 5.75 Å². The minimum Gasteiger partial charge on any atom is -0.481 e. The molecule has 0 saturated heterocycles. The Bertz CT molecular complexity index is 513. The molecule has 0 bridgehead atoms. The van der Waals surface area contributed by atoms with Crippen molar-refractivity contribution < 1.29 is 28.2 Å². The highest BCUT2D eigenvalue weighted by Gasteiger charge is 2.35. The number of carboxylic acids is 1. The van der Waals surface area contributed by atoms with Gasteiger partial charge in [-0.3, -0.25) is 9.59 Å². The summed E-state index contributed by atoms with van der Waals surface area (Å²) < 4.78 is 28.2. The number of amides is 1. The number of carbonyl (C=O) groups excluding carboxylic acids is 1. The van der Waals surface area contributed by atoms with Crippen LogP contribution in [0.5, 0.6) is 5.75 Å². The Hall–Kier alpha value is -2.18. The zero-order valence-corrected chi connectivity index (χ0v) is 12.4. The average molecular weight is 315 g/mol. The molecule has 0 aliphatic rings. The molecule has 0 aliphatic heterocycles. The van der Waals surface area contributed by atoms with Crippen LogP contribution in [0, 0.1) is 5.41 Å². The highest BCUT2D eigenvalue weighted by molar-refractivity contribution is 5.94. The molecule has 22 heavy (non-hydrogen) atoms. The maximum absolute atomic E-state index is 12.0. The van der Waals surface area contributed by atoms with E-state index in [1.165, 1.54) is 24.3 Å². The van der Waals surface area contributed by atoms with Crippen LogP contribution in [-0.2, 0) is 4.79 Å². The fraction of sp³-hybridized carbons (Fsp3) is 0.467. The molecule has 0 atom stereocenters. The minimum atomic E-state index is -2.93. The van der Waals surface area contributed by atoms with Crippen molar-refractivity contribution in [2.75, 3.05) is 6.54 Å². The number of nitrogens with one attached hydrogen (secondary N) is 1. The summed E-state index contributed by atoms with van der Waals surface area (Å²) in [6.45, 7) is 0.578. The summed E-state index contributed by atoms with van der Waals surface area (Å²) in [6.07, 6.45) is 0.778. The Balaban J connectivity index is 2.71. The standard InChI is InChI=1S/C15H19F2NO4/c1-3-15(4-2,13(20)21)9-18-12(19)10-5-7-11(8-6-10)22-14(16)17/h5-8,14H,3-4,9H2,1-2H3,(H,18,19)(H,20,21). The predicted molar refractivity (Wildman–Crippen MR) is 76.1 cm³/mol. The van der Waals surface area contributed by atoms with Crippen LogP contribution in [-0.4, -0.2) is 30.1 Å². The van der Waals surface area contributed by atoms with Crippen LogP contribution in [0.3, 0.4) is 0 Å². The van der Waals surface area contributed by atoms with Gasteiger partial charge < -0.3 is 15.2 Å². The Morgan fingerprint density at radius 3 is 2.18 bits per heavy atom. The number of alkyl halides is 2. The topological polar surface area (TPSA) is 75.6 Å². The van der Waals surface area contributed by atoms with Gasteiger partial charge in [-0.25, -0.2) is 0 Å². The lowest BCUT2D eigenvalue weighted by Gasteiger charge is -2.26. The number of ether oxygens (including phenoxy) is 1. The summed E-state index contributed by atoms with van der Waals surface area (Å²) in [5, 5.41) is 11.9. The first-order chi connectivity index (χ1) is 10.3. The summed E-state index contributed by atoms with van der Waals surface area (Å²) >= 11 is 0. The number of hydrogen-bond donors (Lipinski definition) is 2. The van der Waals surface area contributed by atoms with Crippen LogP contribution < -0.4 is 10.1 Å². The van der Waals surface area contributed by atoms with Crippen molar-refractivity contribution in [3.05, 3.63) is 29.8 Å². The normalized spacial score (nSPS) is 11.3. The molecule has 1 rings (SSSR count). The lowest BCUT2D eigenvalue weighted by molar-refractivity contribution is -0.149. The third-order valence-electron chi connectivity index (χ3n) is 3.74. The molecule has 2 N–H and O–H groups in total. The Morgan fingerprint density at radius 1 is 1.23 bits per heavy atom. The van der Waals surface area contributed by atoms with Gasteiger partial charge in [-0.1, -0.05) is 13.8 Å². The van der Waals surface area contributed by atoms with Gasteiger partial charge in [0, 0.05) is 12.1 Å². The third-order valence-corrected chi connectivity index (χ3v) is 3.74. The Kier molecular flexibility index (Phi) is 6.27. The molecule has 0 unspecified atom stereocenters. The number of carbonyl (C=O) groups is 2. The van der Waals surface area contributed by atoms with Crippen molar-refractivity contribution in [1.82, 2.24) is 5.32 Å². The summed E-state index contributed by atoms with van der Waals surface area (Å²) in [5.41, 5.74) is -0.762. The lowest BCUT2D eigenvalue weighted by Crippen LogP contribution is -2.42. The van der Waals surface area contributed by atoms with Crippen molar-refractivity contribution in [2.24, 2.45) is 5.41 Å². The minimum absolute atomic E-state index is 0.00342. The van der Waals surface area contributed by atoms with Gasteiger partial charge in [0.05, 0.1) is 5.41 Å². The number of aliphatic carboxylic acids is 1. The van der Waals surface area contributed by atoms with Crippen molar-refractivity contribution in [1.29, 1.82) is 0 Å². The average Bonchev–Trinajstić information content (AvgIpc) is 2.48. The molecule has 0 aliphatic carbocycles. The molecule has 7 heteroatoms. The second-order valence-electron chi connectivity index (χ2n) is 4.88. The first kappa shape index (κ1) is 17.9. The van der Waals surface area contributed by atoms with E-state index in [0.29, 0.717) is 12.8 Å². The van der Waals surface area contributed by atoms with E-state index in [1.807, 2.05) is 0 Å². The van der Waals surface area contributed by atoms with Crippen LogP contribution in [0.15, 0.2) is 24.3 Å². The summed E-state index contributed by atoms with van der Waals surface area (Å²) in [4.78, 5) is 23.3. The third kappa shape index (κ3) is 4.41. The van der Waals surface area contributed by atoms with E-state index < -0.39 is 23.9 Å². The van der Waals surface area contributed by atoms with E-state index in [1.54, 1.807) is 13.8 Å². The smallest absolute Gasteiger partial charge is 0.387 e. The Morgan fingerprint density at radius 2 is 1.77 bits per heavy atom. The molecule has 0 aromatic heterocycles. The second-order valence-corrected chi connectivity index (χ2v) is 4.88. The molecular formula is C15H19F2NO4. The van der Waals surface area contributed by atoms with Gasteiger partial charge in [-0.05, 0) is 37.1 Å². The molecule has 0 radical (unpaired) electrons. The van der Waals surface area contributed by atoms with Crippen molar-refractivity contribution in [3.63, 3.8) is 0 Å². The van der Waals surface area contributed by atoms with E-state index in [0.717, 1.165) is 0 Å². The molecule has 0 spiro atoms. The van der Waals surface area contributed by atoms with Gasteiger partial charge in [-0.15, -0.1) is 0 Å². The van der Waals surface area contributed by atoms with Crippen LogP contribution in [0.25, 0.3) is 0 Å². The molecule has 122 valence electrons. The highest BCUT2D eigenvalue weighted by atomic mass is 19.3. The summed E-state index contributed by atoms with van der Waals surface area (Å²) in [6, 6.07) is 5.19. The van der Waals surface area contributed by atoms with Crippen molar-refractivity contribution >= 4 is 11.9 Å². The van der Waals surface area contributed by atoms with Gasteiger partial charge in [-0.2, -0.15) is 8.78 Å². The van der Waals surface area contributed by atoms with Gasteiger partial charge in [0.15, 0.2) is 0 Å². The van der Waals surface area contributed by atoms with E-state index in [4.69, 9.17) is 0 Å². The SMILES string of the molecule is CCC(CC)(CNC(=O)c1ccc(OC(F)F)cc1)C(=O)O. The largest absolute Gasteiger partial charge is 0.481 e. The molecule has 0 fully saturated rings. The fourth-order valence-corrected chi connectivity index (χ4v) is 2.02. The zero-order valence-electron chi connectivity index (χ0n) is 12.4. The van der Waals surface area contributed by atoms with Gasteiger partial charge in [0.25, 0.3) is 5.91 Å². The number of benzene rings is 1. The Labute approximate surface area is 127 Å². The summed E-state index contributed by atoms with van der Waals surface area (Å²) in [5.74, 6) is -1.47. The molecule has 1 aromatic rings. The number of hydrogen-bond acceptors (Lipinski definition) is 3. The highest BCUT2D eigenvalue weighted by Crippen LogP contribution is 2.25. The van der Waals surface area contributed by atoms with E-state index in [2.05, 4.69) is 10.1 Å². The van der Waals surface area contributed by atoms with E-state index >= 15 is 0 Å². The van der Waals surface area contributed by atoms with Gasteiger partial charge >= 0.3 is 12.6 Å².